The maximum absolute atomic E-state index is 11.2. The van der Waals surface area contributed by atoms with Crippen molar-refractivity contribution >= 4 is 5.91 Å². The summed E-state index contributed by atoms with van der Waals surface area (Å²) in [4.78, 5) is 11.2. The molecule has 0 radical (unpaired) electrons. The van der Waals surface area contributed by atoms with E-state index < -0.39 is 0 Å². The summed E-state index contributed by atoms with van der Waals surface area (Å²) in [6, 6.07) is 9.64. The van der Waals surface area contributed by atoms with Gasteiger partial charge in [-0.3, -0.25) is 4.79 Å². The Morgan fingerprint density at radius 1 is 1.44 bits per heavy atom. The molecule has 0 bridgehead atoms. The van der Waals surface area contributed by atoms with Gasteiger partial charge in [0.25, 0.3) is 5.91 Å². The number of carbonyl (C=O) groups excluding carboxylic acids is 1. The van der Waals surface area contributed by atoms with Crippen molar-refractivity contribution < 1.29 is 9.53 Å². The third-order valence-electron chi connectivity index (χ3n) is 2.55. The Bertz CT molecular complexity index is 423. The highest BCUT2D eigenvalue weighted by atomic mass is 16.5. The SMILES string of the molecule is CNC(C)c1ccc(OCC(=O)NCC#N)cc1. The maximum atomic E-state index is 11.2. The van der Waals surface area contributed by atoms with Crippen LogP contribution in [0.15, 0.2) is 24.3 Å². The minimum Gasteiger partial charge on any atom is -0.484 e. The predicted molar refractivity (Wildman–Crippen MR) is 68.0 cm³/mol. The van der Waals surface area contributed by atoms with Crippen LogP contribution in [-0.2, 0) is 4.79 Å². The van der Waals surface area contributed by atoms with Crippen LogP contribution in [0.2, 0.25) is 0 Å². The fraction of sp³-hybridized carbons (Fsp3) is 0.385. The second-order valence-electron chi connectivity index (χ2n) is 3.80. The van der Waals surface area contributed by atoms with Gasteiger partial charge in [-0.05, 0) is 31.7 Å². The fourth-order valence-electron chi connectivity index (χ4n) is 1.36. The summed E-state index contributed by atoms with van der Waals surface area (Å²) in [7, 11) is 1.90. The molecule has 1 unspecified atom stereocenters. The summed E-state index contributed by atoms with van der Waals surface area (Å²) >= 11 is 0. The Morgan fingerprint density at radius 3 is 2.67 bits per heavy atom. The molecule has 1 aromatic rings. The van der Waals surface area contributed by atoms with E-state index >= 15 is 0 Å². The van der Waals surface area contributed by atoms with Crippen molar-refractivity contribution in [3.8, 4) is 11.8 Å². The zero-order valence-electron chi connectivity index (χ0n) is 10.6. The Hall–Kier alpha value is -2.06. The van der Waals surface area contributed by atoms with E-state index in [1.807, 2.05) is 37.4 Å². The molecular weight excluding hydrogens is 230 g/mol. The van der Waals surface area contributed by atoms with Crippen LogP contribution in [0.1, 0.15) is 18.5 Å². The van der Waals surface area contributed by atoms with E-state index in [0.29, 0.717) is 5.75 Å². The molecule has 0 aliphatic heterocycles. The highest BCUT2D eigenvalue weighted by molar-refractivity contribution is 5.77. The molecule has 5 heteroatoms. The average Bonchev–Trinajstić information content (AvgIpc) is 2.42. The van der Waals surface area contributed by atoms with Crippen LogP contribution in [0.3, 0.4) is 0 Å². The van der Waals surface area contributed by atoms with Crippen LogP contribution in [0.5, 0.6) is 5.75 Å². The molecule has 0 aliphatic rings. The first-order chi connectivity index (χ1) is 8.67. The van der Waals surface area contributed by atoms with E-state index in [-0.39, 0.29) is 25.1 Å². The standard InChI is InChI=1S/C13H17N3O2/c1-10(15-2)11-3-5-12(6-4-11)18-9-13(17)16-8-7-14/h3-6,10,15H,8-9H2,1-2H3,(H,16,17). The predicted octanol–water partition coefficient (Wildman–Crippen LogP) is 0.986. The molecule has 1 rings (SSSR count). The normalized spacial score (nSPS) is 11.4. The van der Waals surface area contributed by atoms with Crippen molar-refractivity contribution in [3.05, 3.63) is 29.8 Å². The number of hydrogen-bond acceptors (Lipinski definition) is 4. The Labute approximate surface area is 107 Å². The summed E-state index contributed by atoms with van der Waals surface area (Å²) < 4.78 is 5.29. The molecule has 0 spiro atoms. The molecule has 18 heavy (non-hydrogen) atoms. The van der Waals surface area contributed by atoms with Gasteiger partial charge in [0.2, 0.25) is 0 Å². The third kappa shape index (κ3) is 4.44. The molecule has 0 aliphatic carbocycles. The molecular formula is C13H17N3O2. The van der Waals surface area contributed by atoms with Gasteiger partial charge in [-0.25, -0.2) is 0 Å². The minimum atomic E-state index is -0.302. The highest BCUT2D eigenvalue weighted by Gasteiger charge is 2.04. The number of carbonyl (C=O) groups is 1. The smallest absolute Gasteiger partial charge is 0.258 e. The largest absolute Gasteiger partial charge is 0.484 e. The van der Waals surface area contributed by atoms with Crippen LogP contribution >= 0.6 is 0 Å². The Balaban J connectivity index is 2.44. The number of nitrogens with one attached hydrogen (secondary N) is 2. The molecule has 1 aromatic carbocycles. The lowest BCUT2D eigenvalue weighted by atomic mass is 10.1. The van der Waals surface area contributed by atoms with Gasteiger partial charge < -0.3 is 15.4 Å². The van der Waals surface area contributed by atoms with Crippen molar-refractivity contribution in [2.75, 3.05) is 20.2 Å². The Morgan fingerprint density at radius 2 is 2.11 bits per heavy atom. The first kappa shape index (κ1) is 14.0. The van der Waals surface area contributed by atoms with Gasteiger partial charge in [0.1, 0.15) is 12.3 Å². The summed E-state index contributed by atoms with van der Waals surface area (Å²) in [5.74, 6) is 0.332. The number of amides is 1. The molecule has 0 saturated heterocycles. The lowest BCUT2D eigenvalue weighted by Gasteiger charge is -2.11. The summed E-state index contributed by atoms with van der Waals surface area (Å²) in [5, 5.41) is 13.8. The van der Waals surface area contributed by atoms with Gasteiger partial charge in [-0.2, -0.15) is 5.26 Å². The molecule has 96 valence electrons. The highest BCUT2D eigenvalue weighted by Crippen LogP contribution is 2.16. The summed E-state index contributed by atoms with van der Waals surface area (Å²) in [6.07, 6.45) is 0. The first-order valence-electron chi connectivity index (χ1n) is 5.71. The van der Waals surface area contributed by atoms with Crippen molar-refractivity contribution in [1.82, 2.24) is 10.6 Å². The van der Waals surface area contributed by atoms with Crippen molar-refractivity contribution in [1.29, 1.82) is 5.26 Å². The van der Waals surface area contributed by atoms with Gasteiger partial charge in [0.05, 0.1) is 6.07 Å². The van der Waals surface area contributed by atoms with Crippen LogP contribution in [0, 0.1) is 11.3 Å². The van der Waals surface area contributed by atoms with Crippen LogP contribution < -0.4 is 15.4 Å². The second kappa shape index (κ2) is 7.30. The average molecular weight is 247 g/mol. The first-order valence-corrected chi connectivity index (χ1v) is 5.71. The number of ether oxygens (including phenoxy) is 1. The van der Waals surface area contributed by atoms with E-state index in [1.54, 1.807) is 0 Å². The quantitative estimate of drug-likeness (QED) is 0.735. The lowest BCUT2D eigenvalue weighted by Crippen LogP contribution is -2.29. The molecule has 5 nitrogen and oxygen atoms in total. The number of hydrogen-bond donors (Lipinski definition) is 2. The lowest BCUT2D eigenvalue weighted by molar-refractivity contribution is -0.122. The summed E-state index contributed by atoms with van der Waals surface area (Å²) in [6.45, 7) is 1.98. The summed E-state index contributed by atoms with van der Waals surface area (Å²) in [5.41, 5.74) is 1.15. The van der Waals surface area contributed by atoms with Gasteiger partial charge in [-0.15, -0.1) is 0 Å². The minimum absolute atomic E-state index is 0.000809. The molecule has 0 aromatic heterocycles. The van der Waals surface area contributed by atoms with E-state index in [2.05, 4.69) is 17.6 Å². The fourth-order valence-corrected chi connectivity index (χ4v) is 1.36. The van der Waals surface area contributed by atoms with Crippen molar-refractivity contribution in [2.45, 2.75) is 13.0 Å². The number of nitrogens with zero attached hydrogens (tertiary/aromatic N) is 1. The van der Waals surface area contributed by atoms with Gasteiger partial charge in [0, 0.05) is 6.04 Å². The zero-order chi connectivity index (χ0) is 13.4. The van der Waals surface area contributed by atoms with E-state index in [9.17, 15) is 4.79 Å². The second-order valence-corrected chi connectivity index (χ2v) is 3.80. The molecule has 2 N–H and O–H groups in total. The molecule has 0 heterocycles. The molecule has 0 fully saturated rings. The molecule has 1 atom stereocenters. The topological polar surface area (TPSA) is 74.2 Å². The van der Waals surface area contributed by atoms with Gasteiger partial charge >= 0.3 is 0 Å². The van der Waals surface area contributed by atoms with Crippen molar-refractivity contribution in [3.63, 3.8) is 0 Å². The third-order valence-corrected chi connectivity index (χ3v) is 2.55. The van der Waals surface area contributed by atoms with E-state index in [1.165, 1.54) is 0 Å². The van der Waals surface area contributed by atoms with Gasteiger partial charge in [-0.1, -0.05) is 12.1 Å². The van der Waals surface area contributed by atoms with Crippen LogP contribution in [-0.4, -0.2) is 26.1 Å². The maximum Gasteiger partial charge on any atom is 0.258 e. The number of nitriles is 1. The molecule has 0 saturated carbocycles. The monoisotopic (exact) mass is 247 g/mol. The van der Waals surface area contributed by atoms with Crippen LogP contribution in [0.25, 0.3) is 0 Å². The Kier molecular flexibility index (Phi) is 5.68. The van der Waals surface area contributed by atoms with E-state index in [4.69, 9.17) is 10.00 Å². The van der Waals surface area contributed by atoms with E-state index in [0.717, 1.165) is 5.56 Å². The molecule has 1 amide bonds. The number of benzene rings is 1. The van der Waals surface area contributed by atoms with Crippen molar-refractivity contribution in [2.24, 2.45) is 0 Å². The zero-order valence-corrected chi connectivity index (χ0v) is 10.6. The number of rotatable bonds is 6. The van der Waals surface area contributed by atoms with Crippen LogP contribution in [0.4, 0.5) is 0 Å². The van der Waals surface area contributed by atoms with Gasteiger partial charge in [0.15, 0.2) is 6.61 Å².